The first-order valence-corrected chi connectivity index (χ1v) is 9.69. The zero-order valence-electron chi connectivity index (χ0n) is 13.1. The van der Waals surface area contributed by atoms with Gasteiger partial charge < -0.3 is 5.32 Å². The van der Waals surface area contributed by atoms with E-state index in [2.05, 4.69) is 10.0 Å². The minimum atomic E-state index is -3.87. The molecule has 1 heterocycles. The van der Waals surface area contributed by atoms with E-state index >= 15 is 0 Å². The fourth-order valence-corrected chi connectivity index (χ4v) is 4.11. The Kier molecular flexibility index (Phi) is 5.01. The Morgan fingerprint density at radius 2 is 1.62 bits per heavy atom. The van der Waals surface area contributed by atoms with Crippen LogP contribution in [0, 0.1) is 11.6 Å². The van der Waals surface area contributed by atoms with Gasteiger partial charge in [-0.3, -0.25) is 9.52 Å². The number of amides is 1. The number of nitrogens with one attached hydrogen (secondary N) is 2. The molecule has 0 spiro atoms. The summed E-state index contributed by atoms with van der Waals surface area (Å²) in [6.07, 6.45) is 0. The summed E-state index contributed by atoms with van der Waals surface area (Å²) in [5, 5.41) is 5.24. The highest BCUT2D eigenvalue weighted by atomic mass is 32.2. The first-order chi connectivity index (χ1) is 12.3. The summed E-state index contributed by atoms with van der Waals surface area (Å²) in [6, 6.07) is 10.3. The fourth-order valence-electron chi connectivity index (χ4n) is 2.18. The molecular weight excluding hydrogens is 382 g/mol. The number of rotatable bonds is 5. The molecule has 0 bridgehead atoms. The van der Waals surface area contributed by atoms with Crippen LogP contribution in [0.2, 0.25) is 0 Å². The summed E-state index contributed by atoms with van der Waals surface area (Å²) in [7, 11) is -3.87. The molecule has 0 saturated carbocycles. The van der Waals surface area contributed by atoms with E-state index in [0.29, 0.717) is 6.07 Å². The number of thiophene rings is 1. The monoisotopic (exact) mass is 394 g/mol. The second-order valence-electron chi connectivity index (χ2n) is 5.23. The smallest absolute Gasteiger partial charge is 0.261 e. The van der Waals surface area contributed by atoms with Crippen molar-refractivity contribution in [3.63, 3.8) is 0 Å². The van der Waals surface area contributed by atoms with Crippen LogP contribution < -0.4 is 10.0 Å². The molecule has 2 N–H and O–H groups in total. The lowest BCUT2D eigenvalue weighted by atomic mass is 10.2. The summed E-state index contributed by atoms with van der Waals surface area (Å²) in [4.78, 5) is 12.4. The normalized spacial score (nSPS) is 11.2. The zero-order valence-corrected chi connectivity index (χ0v) is 14.7. The van der Waals surface area contributed by atoms with Gasteiger partial charge in [-0.1, -0.05) is 18.2 Å². The van der Waals surface area contributed by atoms with Gasteiger partial charge in [0, 0.05) is 22.5 Å². The predicted octanol–water partition coefficient (Wildman–Crippen LogP) is 4.08. The van der Waals surface area contributed by atoms with Crippen molar-refractivity contribution < 1.29 is 22.0 Å². The van der Waals surface area contributed by atoms with Crippen molar-refractivity contribution in [2.75, 3.05) is 10.0 Å². The second-order valence-corrected chi connectivity index (χ2v) is 7.66. The molecule has 1 aromatic heterocycles. The van der Waals surface area contributed by atoms with E-state index in [1.165, 1.54) is 22.9 Å². The molecule has 1 amide bonds. The van der Waals surface area contributed by atoms with Crippen molar-refractivity contribution in [3.8, 4) is 0 Å². The van der Waals surface area contributed by atoms with Gasteiger partial charge in [0.25, 0.3) is 15.9 Å². The average molecular weight is 394 g/mol. The molecule has 3 aromatic rings. The van der Waals surface area contributed by atoms with E-state index < -0.39 is 27.6 Å². The zero-order chi connectivity index (χ0) is 18.7. The van der Waals surface area contributed by atoms with Gasteiger partial charge in [-0.05, 0) is 24.3 Å². The molecule has 5 nitrogen and oxygen atoms in total. The molecule has 134 valence electrons. The summed E-state index contributed by atoms with van der Waals surface area (Å²) < 4.78 is 53.6. The van der Waals surface area contributed by atoms with Crippen LogP contribution in [0.15, 0.2) is 64.2 Å². The van der Waals surface area contributed by atoms with E-state index in [1.54, 1.807) is 18.2 Å². The molecule has 0 aliphatic carbocycles. The highest BCUT2D eigenvalue weighted by Crippen LogP contribution is 2.25. The van der Waals surface area contributed by atoms with Gasteiger partial charge in [-0.2, -0.15) is 0 Å². The summed E-state index contributed by atoms with van der Waals surface area (Å²) >= 11 is 1.11. The highest BCUT2D eigenvalue weighted by Gasteiger charge is 2.20. The van der Waals surface area contributed by atoms with Crippen LogP contribution in [0.4, 0.5) is 20.2 Å². The van der Waals surface area contributed by atoms with Crippen LogP contribution in [-0.4, -0.2) is 14.3 Å². The highest BCUT2D eigenvalue weighted by molar-refractivity contribution is 7.92. The first kappa shape index (κ1) is 18.0. The van der Waals surface area contributed by atoms with Crippen LogP contribution >= 0.6 is 11.3 Å². The van der Waals surface area contributed by atoms with Gasteiger partial charge in [-0.15, -0.1) is 11.3 Å². The standard InChI is InChI=1S/C17H12F2N2O3S2/c18-11-6-12(19)8-13(7-11)20-17(22)15-9-25-10-16(15)21-26(23,24)14-4-2-1-3-5-14/h1-10,21H,(H,20,22). The Morgan fingerprint density at radius 1 is 0.962 bits per heavy atom. The molecule has 9 heteroatoms. The average Bonchev–Trinajstić information content (AvgIpc) is 3.02. The Hall–Kier alpha value is -2.78. The van der Waals surface area contributed by atoms with Crippen LogP contribution in [-0.2, 0) is 10.0 Å². The summed E-state index contributed by atoms with van der Waals surface area (Å²) in [5.41, 5.74) is 0.0444. The van der Waals surface area contributed by atoms with E-state index in [-0.39, 0.29) is 21.8 Å². The number of anilines is 2. The Labute approximate surface area is 152 Å². The lowest BCUT2D eigenvalue weighted by Crippen LogP contribution is -2.17. The van der Waals surface area contributed by atoms with Crippen molar-refractivity contribution in [1.82, 2.24) is 0 Å². The van der Waals surface area contributed by atoms with Gasteiger partial charge in [-0.25, -0.2) is 17.2 Å². The minimum Gasteiger partial charge on any atom is -0.322 e. The van der Waals surface area contributed by atoms with E-state index in [0.717, 1.165) is 23.5 Å². The molecule has 0 radical (unpaired) electrons. The molecule has 0 atom stereocenters. The van der Waals surface area contributed by atoms with Crippen molar-refractivity contribution in [1.29, 1.82) is 0 Å². The van der Waals surface area contributed by atoms with Crippen molar-refractivity contribution >= 4 is 38.6 Å². The fraction of sp³-hybridized carbons (Fsp3) is 0. The molecule has 3 rings (SSSR count). The predicted molar refractivity (Wildman–Crippen MR) is 95.9 cm³/mol. The van der Waals surface area contributed by atoms with Crippen LogP contribution in [0.1, 0.15) is 10.4 Å². The molecule has 0 aliphatic rings. The number of carbonyl (C=O) groups excluding carboxylic acids is 1. The third-order valence-electron chi connectivity index (χ3n) is 3.32. The lowest BCUT2D eigenvalue weighted by Gasteiger charge is -2.10. The molecular formula is C17H12F2N2O3S2. The minimum absolute atomic E-state index is 0.0409. The molecule has 2 aromatic carbocycles. The number of hydrogen-bond donors (Lipinski definition) is 2. The van der Waals surface area contributed by atoms with Crippen LogP contribution in [0.5, 0.6) is 0 Å². The van der Waals surface area contributed by atoms with E-state index in [1.807, 2.05) is 0 Å². The number of hydrogen-bond acceptors (Lipinski definition) is 4. The van der Waals surface area contributed by atoms with E-state index in [4.69, 9.17) is 0 Å². The molecule has 0 aliphatic heterocycles. The quantitative estimate of drug-likeness (QED) is 0.685. The molecule has 0 saturated heterocycles. The first-order valence-electron chi connectivity index (χ1n) is 7.27. The Balaban J connectivity index is 1.83. The van der Waals surface area contributed by atoms with Gasteiger partial charge in [0.15, 0.2) is 0 Å². The van der Waals surface area contributed by atoms with Gasteiger partial charge >= 0.3 is 0 Å². The molecule has 0 unspecified atom stereocenters. The maximum Gasteiger partial charge on any atom is 0.261 e. The SMILES string of the molecule is O=C(Nc1cc(F)cc(F)c1)c1cscc1NS(=O)(=O)c1ccccc1. The van der Waals surface area contributed by atoms with Gasteiger partial charge in [0.2, 0.25) is 0 Å². The number of benzene rings is 2. The molecule has 26 heavy (non-hydrogen) atoms. The van der Waals surface area contributed by atoms with E-state index in [9.17, 15) is 22.0 Å². The molecule has 0 fully saturated rings. The number of sulfonamides is 1. The van der Waals surface area contributed by atoms with Gasteiger partial charge in [0.05, 0.1) is 16.1 Å². The third kappa shape index (κ3) is 4.06. The lowest BCUT2D eigenvalue weighted by molar-refractivity contribution is 0.102. The van der Waals surface area contributed by atoms with Crippen molar-refractivity contribution in [3.05, 3.63) is 76.5 Å². The second kappa shape index (κ2) is 7.22. The number of halogens is 2. The van der Waals surface area contributed by atoms with Crippen LogP contribution in [0.25, 0.3) is 0 Å². The maximum atomic E-state index is 13.2. The maximum absolute atomic E-state index is 13.2. The largest absolute Gasteiger partial charge is 0.322 e. The Morgan fingerprint density at radius 3 is 2.27 bits per heavy atom. The summed E-state index contributed by atoms with van der Waals surface area (Å²) in [5.74, 6) is -2.37. The third-order valence-corrected chi connectivity index (χ3v) is 5.45. The topological polar surface area (TPSA) is 75.3 Å². The van der Waals surface area contributed by atoms with Gasteiger partial charge in [0.1, 0.15) is 11.6 Å². The number of carbonyl (C=O) groups is 1. The summed E-state index contributed by atoms with van der Waals surface area (Å²) in [6.45, 7) is 0. The van der Waals surface area contributed by atoms with Crippen molar-refractivity contribution in [2.45, 2.75) is 4.90 Å². The van der Waals surface area contributed by atoms with Crippen LogP contribution in [0.3, 0.4) is 0 Å². The van der Waals surface area contributed by atoms with Crippen molar-refractivity contribution in [2.24, 2.45) is 0 Å². The Bertz CT molecular complexity index is 1030.